The molecule has 1 aliphatic heterocycles. The first kappa shape index (κ1) is 9.58. The number of pyridine rings is 1. The van der Waals surface area contributed by atoms with E-state index in [9.17, 15) is 0 Å². The summed E-state index contributed by atoms with van der Waals surface area (Å²) in [6.45, 7) is 0.425. The fraction of sp³-hybridized carbons (Fsp3) is 0.125. The molecule has 1 aromatic rings. The molecule has 4 nitrogen and oxygen atoms in total. The van der Waals surface area contributed by atoms with E-state index in [2.05, 4.69) is 15.2 Å². The molecule has 0 spiro atoms. The Labute approximate surface area is 90.4 Å². The summed E-state index contributed by atoms with van der Waals surface area (Å²) in [4.78, 5) is 13.2. The predicted molar refractivity (Wildman–Crippen MR) is 53.0 cm³/mol. The number of hydrogen-bond donors (Lipinski definition) is 1. The maximum absolute atomic E-state index is 5.71. The molecular formula is C8H6Cl2N2O2. The van der Waals surface area contributed by atoms with Crippen molar-refractivity contribution in [1.82, 2.24) is 4.98 Å². The van der Waals surface area contributed by atoms with Crippen molar-refractivity contribution in [3.05, 3.63) is 34.4 Å². The molecule has 0 aliphatic carbocycles. The second kappa shape index (κ2) is 4.04. The molecule has 1 aliphatic rings. The lowest BCUT2D eigenvalue weighted by Gasteiger charge is -2.05. The molecule has 0 fully saturated rings. The van der Waals surface area contributed by atoms with Crippen LogP contribution in [0.3, 0.4) is 0 Å². The predicted octanol–water partition coefficient (Wildman–Crippen LogP) is 2.60. The van der Waals surface area contributed by atoms with Gasteiger partial charge in [-0.05, 0) is 12.1 Å². The molecule has 2 heterocycles. The first-order valence-corrected chi connectivity index (χ1v) is 4.59. The third-order valence-corrected chi connectivity index (χ3v) is 1.90. The van der Waals surface area contributed by atoms with Crippen LogP contribution in [0.2, 0.25) is 10.3 Å². The Kier molecular flexibility index (Phi) is 2.77. The lowest BCUT2D eigenvalue weighted by molar-refractivity contribution is -0.232. The normalized spacial score (nSPS) is 14.9. The molecule has 0 saturated heterocycles. The summed E-state index contributed by atoms with van der Waals surface area (Å²) >= 11 is 11.4. The van der Waals surface area contributed by atoms with Crippen molar-refractivity contribution in [3.8, 4) is 0 Å². The third-order valence-electron chi connectivity index (χ3n) is 1.52. The van der Waals surface area contributed by atoms with E-state index in [0.717, 1.165) is 0 Å². The highest BCUT2D eigenvalue weighted by molar-refractivity contribution is 6.32. The van der Waals surface area contributed by atoms with Gasteiger partial charge in [0.25, 0.3) is 0 Å². The van der Waals surface area contributed by atoms with E-state index in [1.807, 2.05) is 0 Å². The van der Waals surface area contributed by atoms with Gasteiger partial charge in [-0.25, -0.2) is 4.98 Å². The molecule has 0 saturated carbocycles. The quantitative estimate of drug-likeness (QED) is 0.629. The summed E-state index contributed by atoms with van der Waals surface area (Å²) in [6, 6.07) is 3.27. The van der Waals surface area contributed by atoms with Gasteiger partial charge in [0.05, 0.1) is 0 Å². The van der Waals surface area contributed by atoms with Gasteiger partial charge in [-0.2, -0.15) is 4.89 Å². The molecule has 14 heavy (non-hydrogen) atoms. The van der Waals surface area contributed by atoms with E-state index in [4.69, 9.17) is 28.1 Å². The van der Waals surface area contributed by atoms with E-state index in [1.54, 1.807) is 18.2 Å². The Morgan fingerprint density at radius 3 is 2.57 bits per heavy atom. The van der Waals surface area contributed by atoms with Crippen LogP contribution in [0, 0.1) is 0 Å². The van der Waals surface area contributed by atoms with Crippen molar-refractivity contribution in [2.45, 2.75) is 0 Å². The van der Waals surface area contributed by atoms with Gasteiger partial charge in [-0.15, -0.1) is 0 Å². The van der Waals surface area contributed by atoms with Gasteiger partial charge in [0.2, 0.25) is 5.88 Å². The van der Waals surface area contributed by atoms with Crippen molar-refractivity contribution in [1.29, 1.82) is 0 Å². The smallest absolute Gasteiger partial charge is 0.233 e. The van der Waals surface area contributed by atoms with Gasteiger partial charge in [-0.1, -0.05) is 23.2 Å². The molecule has 0 unspecified atom stereocenters. The number of nitrogens with zero attached hydrogens (tertiary/aromatic N) is 1. The number of hydrogen-bond acceptors (Lipinski definition) is 4. The summed E-state index contributed by atoms with van der Waals surface area (Å²) < 4.78 is 0. The summed E-state index contributed by atoms with van der Waals surface area (Å²) in [5, 5.41) is 3.57. The Bertz CT molecular complexity index is 361. The summed E-state index contributed by atoms with van der Waals surface area (Å²) in [5.74, 6) is 0.517. The van der Waals surface area contributed by atoms with Crippen molar-refractivity contribution in [2.75, 3.05) is 11.9 Å². The Morgan fingerprint density at radius 2 is 2.00 bits per heavy atom. The maximum atomic E-state index is 5.71. The molecule has 6 heteroatoms. The highest BCUT2D eigenvalue weighted by Gasteiger charge is 2.08. The van der Waals surface area contributed by atoms with Gasteiger partial charge in [0.1, 0.15) is 16.9 Å². The van der Waals surface area contributed by atoms with Crippen LogP contribution in [-0.2, 0) is 9.78 Å². The Balaban J connectivity index is 2.15. The molecular weight excluding hydrogens is 227 g/mol. The SMILES string of the molecule is Clc1cc(NC2=CCOO2)cc(Cl)n1. The Hall–Kier alpha value is -0.970. The lowest BCUT2D eigenvalue weighted by atomic mass is 10.4. The van der Waals surface area contributed by atoms with Gasteiger partial charge in [0.15, 0.2) is 0 Å². The second-order valence-electron chi connectivity index (χ2n) is 2.56. The Morgan fingerprint density at radius 1 is 1.29 bits per heavy atom. The fourth-order valence-electron chi connectivity index (χ4n) is 0.992. The van der Waals surface area contributed by atoms with Crippen molar-refractivity contribution < 1.29 is 9.78 Å². The molecule has 1 N–H and O–H groups in total. The van der Waals surface area contributed by atoms with Crippen LogP contribution in [0.4, 0.5) is 5.69 Å². The minimum absolute atomic E-state index is 0.319. The number of aromatic nitrogens is 1. The minimum Gasteiger partial charge on any atom is -0.323 e. The van der Waals surface area contributed by atoms with Gasteiger partial charge in [-0.3, -0.25) is 0 Å². The second-order valence-corrected chi connectivity index (χ2v) is 3.34. The van der Waals surface area contributed by atoms with Crippen molar-refractivity contribution in [3.63, 3.8) is 0 Å². The van der Waals surface area contributed by atoms with Crippen LogP contribution in [0.5, 0.6) is 0 Å². The summed E-state index contributed by atoms with van der Waals surface area (Å²) in [7, 11) is 0. The molecule has 74 valence electrons. The standard InChI is InChI=1S/C8H6Cl2N2O2/c9-6-3-5(4-7(10)12-6)11-8-1-2-13-14-8/h1,3-4H,2H2,(H,11,12). The largest absolute Gasteiger partial charge is 0.323 e. The fourth-order valence-corrected chi connectivity index (χ4v) is 1.45. The zero-order chi connectivity index (χ0) is 9.97. The van der Waals surface area contributed by atoms with Crippen LogP contribution in [0.25, 0.3) is 0 Å². The molecule has 0 amide bonds. The van der Waals surface area contributed by atoms with E-state index in [1.165, 1.54) is 0 Å². The number of nitrogens with one attached hydrogen (secondary N) is 1. The van der Waals surface area contributed by atoms with Crippen molar-refractivity contribution >= 4 is 28.9 Å². The summed E-state index contributed by atoms with van der Waals surface area (Å²) in [5.41, 5.74) is 0.701. The number of halogens is 2. The van der Waals surface area contributed by atoms with Crippen LogP contribution in [0.1, 0.15) is 0 Å². The van der Waals surface area contributed by atoms with Crippen molar-refractivity contribution in [2.24, 2.45) is 0 Å². The zero-order valence-corrected chi connectivity index (χ0v) is 8.47. The minimum atomic E-state index is 0.319. The van der Waals surface area contributed by atoms with E-state index >= 15 is 0 Å². The first-order chi connectivity index (χ1) is 6.74. The topological polar surface area (TPSA) is 43.4 Å². The van der Waals surface area contributed by atoms with Crippen LogP contribution < -0.4 is 5.32 Å². The average Bonchev–Trinajstić information content (AvgIpc) is 2.54. The van der Waals surface area contributed by atoms with Crippen LogP contribution in [0.15, 0.2) is 24.1 Å². The number of anilines is 1. The highest BCUT2D eigenvalue weighted by atomic mass is 35.5. The molecule has 0 atom stereocenters. The van der Waals surface area contributed by atoms with E-state index in [-0.39, 0.29) is 0 Å². The number of rotatable bonds is 2. The zero-order valence-electron chi connectivity index (χ0n) is 6.96. The van der Waals surface area contributed by atoms with Crippen LogP contribution >= 0.6 is 23.2 Å². The van der Waals surface area contributed by atoms with Gasteiger partial charge >= 0.3 is 0 Å². The molecule has 2 rings (SSSR count). The molecule has 0 radical (unpaired) electrons. The van der Waals surface area contributed by atoms with Crippen LogP contribution in [-0.4, -0.2) is 11.6 Å². The third kappa shape index (κ3) is 2.29. The van der Waals surface area contributed by atoms with E-state index in [0.29, 0.717) is 28.5 Å². The first-order valence-electron chi connectivity index (χ1n) is 3.84. The monoisotopic (exact) mass is 232 g/mol. The van der Waals surface area contributed by atoms with Gasteiger partial charge < -0.3 is 10.2 Å². The van der Waals surface area contributed by atoms with E-state index < -0.39 is 0 Å². The highest BCUT2D eigenvalue weighted by Crippen LogP contribution is 2.21. The summed E-state index contributed by atoms with van der Waals surface area (Å²) in [6.07, 6.45) is 1.75. The lowest BCUT2D eigenvalue weighted by Crippen LogP contribution is -1.99. The molecule has 0 aromatic carbocycles. The average molecular weight is 233 g/mol. The maximum Gasteiger partial charge on any atom is 0.233 e. The molecule has 1 aromatic heterocycles. The molecule has 0 bridgehead atoms. The van der Waals surface area contributed by atoms with Gasteiger partial charge in [0, 0.05) is 11.8 Å².